The summed E-state index contributed by atoms with van der Waals surface area (Å²) in [5.74, 6) is 0.504. The van der Waals surface area contributed by atoms with E-state index in [-0.39, 0.29) is 11.8 Å². The van der Waals surface area contributed by atoms with Gasteiger partial charge in [0.1, 0.15) is 11.5 Å². The number of carbonyl (C=O) groups excluding carboxylic acids is 1. The van der Waals surface area contributed by atoms with E-state index in [0.717, 1.165) is 18.5 Å². The maximum atomic E-state index is 13.3. The maximum absolute atomic E-state index is 13.3. The lowest BCUT2D eigenvalue weighted by atomic mass is 9.95. The summed E-state index contributed by atoms with van der Waals surface area (Å²) in [4.78, 5) is 27.1. The number of halogens is 1. The van der Waals surface area contributed by atoms with Crippen molar-refractivity contribution in [2.24, 2.45) is 0 Å². The van der Waals surface area contributed by atoms with Crippen LogP contribution in [0, 0.1) is 12.7 Å². The molecule has 0 N–H and O–H groups in total. The van der Waals surface area contributed by atoms with Gasteiger partial charge in [0.25, 0.3) is 11.8 Å². The number of hydrogen-bond donors (Lipinski definition) is 0. The minimum Gasteiger partial charge on any atom is -0.339 e. The first kappa shape index (κ1) is 17.3. The highest BCUT2D eigenvalue weighted by molar-refractivity contribution is 5.94. The summed E-state index contributed by atoms with van der Waals surface area (Å²) in [7, 11) is 0. The molecule has 0 radical (unpaired) electrons. The second-order valence-electron chi connectivity index (χ2n) is 6.58. The predicted octanol–water partition coefficient (Wildman–Crippen LogP) is 2.99. The molecule has 138 valence electrons. The lowest BCUT2D eigenvalue weighted by Gasteiger charge is -2.30. The van der Waals surface area contributed by atoms with Crippen LogP contribution in [-0.4, -0.2) is 44.0 Å². The minimum absolute atomic E-state index is 0.109. The average molecular weight is 367 g/mol. The number of carbonyl (C=O) groups is 1. The van der Waals surface area contributed by atoms with Crippen molar-refractivity contribution in [3.63, 3.8) is 0 Å². The lowest BCUT2D eigenvalue weighted by molar-refractivity contribution is 0.0710. The number of nitrogens with zero attached hydrogens (tertiary/aromatic N) is 5. The Bertz CT molecular complexity index is 949. The summed E-state index contributed by atoms with van der Waals surface area (Å²) in [6.45, 7) is 2.98. The van der Waals surface area contributed by atoms with E-state index in [9.17, 15) is 9.18 Å². The van der Waals surface area contributed by atoms with Crippen molar-refractivity contribution in [1.82, 2.24) is 25.0 Å². The van der Waals surface area contributed by atoms with Crippen LogP contribution in [0.5, 0.6) is 0 Å². The Labute approximate surface area is 155 Å². The summed E-state index contributed by atoms with van der Waals surface area (Å²) >= 11 is 0. The molecule has 1 aliphatic rings. The van der Waals surface area contributed by atoms with Crippen molar-refractivity contribution >= 4 is 5.91 Å². The molecule has 0 aliphatic carbocycles. The van der Waals surface area contributed by atoms with Crippen LogP contribution >= 0.6 is 0 Å². The fraction of sp³-hybridized carbons (Fsp3) is 0.316. The number of amides is 1. The van der Waals surface area contributed by atoms with Crippen LogP contribution in [0.25, 0.3) is 11.6 Å². The molecule has 27 heavy (non-hydrogen) atoms. The molecule has 7 nitrogen and oxygen atoms in total. The van der Waals surface area contributed by atoms with Crippen LogP contribution in [0.3, 0.4) is 0 Å². The Kier molecular flexibility index (Phi) is 4.62. The third-order valence-electron chi connectivity index (χ3n) is 4.66. The SMILES string of the molecule is Cc1cnc(-c2nc(C3CCN(C(=O)c4cccc(F)c4)CC3)no2)cn1. The zero-order chi connectivity index (χ0) is 18.8. The molecule has 3 aromatic rings. The molecular formula is C19H18FN5O2. The summed E-state index contributed by atoms with van der Waals surface area (Å²) < 4.78 is 18.6. The number of hydrogen-bond acceptors (Lipinski definition) is 6. The molecule has 0 spiro atoms. The van der Waals surface area contributed by atoms with Crippen LogP contribution in [-0.2, 0) is 0 Å². The number of rotatable bonds is 3. The van der Waals surface area contributed by atoms with E-state index in [1.807, 2.05) is 6.92 Å². The highest BCUT2D eigenvalue weighted by Gasteiger charge is 2.28. The first-order valence-electron chi connectivity index (χ1n) is 8.77. The maximum Gasteiger partial charge on any atom is 0.278 e. The zero-order valence-electron chi connectivity index (χ0n) is 14.8. The van der Waals surface area contributed by atoms with Crippen molar-refractivity contribution in [2.45, 2.75) is 25.7 Å². The van der Waals surface area contributed by atoms with Crippen molar-refractivity contribution < 1.29 is 13.7 Å². The van der Waals surface area contributed by atoms with Gasteiger partial charge in [0.2, 0.25) is 0 Å². The number of aryl methyl sites for hydroxylation is 1. The largest absolute Gasteiger partial charge is 0.339 e. The second kappa shape index (κ2) is 7.22. The van der Waals surface area contributed by atoms with E-state index >= 15 is 0 Å². The molecule has 8 heteroatoms. The number of likely N-dealkylation sites (tertiary alicyclic amines) is 1. The molecule has 0 unspecified atom stereocenters. The minimum atomic E-state index is -0.408. The van der Waals surface area contributed by atoms with E-state index in [0.29, 0.717) is 36.1 Å². The average Bonchev–Trinajstić information content (AvgIpc) is 3.18. The van der Waals surface area contributed by atoms with Crippen molar-refractivity contribution in [2.75, 3.05) is 13.1 Å². The second-order valence-corrected chi connectivity index (χ2v) is 6.58. The molecule has 1 aromatic carbocycles. The van der Waals surface area contributed by atoms with Crippen molar-refractivity contribution in [3.8, 4) is 11.6 Å². The summed E-state index contributed by atoms with van der Waals surface area (Å²) in [6.07, 6.45) is 4.70. The number of aromatic nitrogens is 4. The van der Waals surface area contributed by atoms with Crippen LogP contribution in [0.2, 0.25) is 0 Å². The van der Waals surface area contributed by atoms with Gasteiger partial charge < -0.3 is 9.42 Å². The summed E-state index contributed by atoms with van der Waals surface area (Å²) in [5, 5.41) is 4.07. The Morgan fingerprint density at radius 2 is 2.04 bits per heavy atom. The van der Waals surface area contributed by atoms with Crippen molar-refractivity contribution in [3.05, 3.63) is 59.6 Å². The topological polar surface area (TPSA) is 85.0 Å². The van der Waals surface area contributed by atoms with Gasteiger partial charge in [0.05, 0.1) is 11.9 Å². The van der Waals surface area contributed by atoms with E-state index in [1.54, 1.807) is 29.4 Å². The molecule has 0 bridgehead atoms. The first-order valence-corrected chi connectivity index (χ1v) is 8.77. The molecule has 4 rings (SSSR count). The molecule has 0 atom stereocenters. The van der Waals surface area contributed by atoms with E-state index < -0.39 is 5.82 Å². The van der Waals surface area contributed by atoms with Gasteiger partial charge in [-0.3, -0.25) is 9.78 Å². The highest BCUT2D eigenvalue weighted by Crippen LogP contribution is 2.28. The van der Waals surface area contributed by atoms with Crippen LogP contribution in [0.15, 0.2) is 41.2 Å². The molecule has 1 saturated heterocycles. The van der Waals surface area contributed by atoms with Gasteiger partial charge in [-0.05, 0) is 38.0 Å². The molecule has 2 aromatic heterocycles. The van der Waals surface area contributed by atoms with Gasteiger partial charge in [-0.1, -0.05) is 11.2 Å². The summed E-state index contributed by atoms with van der Waals surface area (Å²) in [5.41, 5.74) is 1.72. The molecule has 0 saturated carbocycles. The van der Waals surface area contributed by atoms with E-state index in [1.165, 1.54) is 12.1 Å². The third kappa shape index (κ3) is 3.69. The van der Waals surface area contributed by atoms with Crippen molar-refractivity contribution in [1.29, 1.82) is 0 Å². The lowest BCUT2D eigenvalue weighted by Crippen LogP contribution is -2.38. The molecule has 1 fully saturated rings. The quantitative estimate of drug-likeness (QED) is 0.707. The Morgan fingerprint density at radius 3 is 2.74 bits per heavy atom. The smallest absolute Gasteiger partial charge is 0.278 e. The number of benzene rings is 1. The van der Waals surface area contributed by atoms with Crippen LogP contribution in [0.1, 0.15) is 40.6 Å². The Hall–Kier alpha value is -3.16. The van der Waals surface area contributed by atoms with Crippen LogP contribution in [0.4, 0.5) is 4.39 Å². The zero-order valence-corrected chi connectivity index (χ0v) is 14.8. The van der Waals surface area contributed by atoms with E-state index in [4.69, 9.17) is 4.52 Å². The molecule has 3 heterocycles. The monoisotopic (exact) mass is 367 g/mol. The van der Waals surface area contributed by atoms with Gasteiger partial charge in [-0.25, -0.2) is 9.37 Å². The van der Waals surface area contributed by atoms with Gasteiger partial charge in [0, 0.05) is 30.8 Å². The standard InChI is InChI=1S/C19H18FN5O2/c1-12-10-22-16(11-21-12)18-23-17(24-27-18)13-5-7-25(8-6-13)19(26)14-3-2-4-15(20)9-14/h2-4,9-11,13H,5-8H2,1H3. The molecule has 1 amide bonds. The van der Waals surface area contributed by atoms with Gasteiger partial charge >= 0.3 is 0 Å². The predicted molar refractivity (Wildman–Crippen MR) is 94.3 cm³/mol. The fourth-order valence-electron chi connectivity index (χ4n) is 3.15. The van der Waals surface area contributed by atoms with Gasteiger partial charge in [-0.15, -0.1) is 0 Å². The van der Waals surface area contributed by atoms with E-state index in [2.05, 4.69) is 20.1 Å². The van der Waals surface area contributed by atoms with Crippen LogP contribution < -0.4 is 0 Å². The van der Waals surface area contributed by atoms with Gasteiger partial charge in [0.15, 0.2) is 5.82 Å². The first-order chi connectivity index (χ1) is 13.1. The third-order valence-corrected chi connectivity index (χ3v) is 4.66. The highest BCUT2D eigenvalue weighted by atomic mass is 19.1. The molecular weight excluding hydrogens is 349 g/mol. The number of piperidine rings is 1. The normalized spacial score (nSPS) is 15.1. The fourth-order valence-corrected chi connectivity index (χ4v) is 3.15. The van der Waals surface area contributed by atoms with Gasteiger partial charge in [-0.2, -0.15) is 4.98 Å². The Balaban J connectivity index is 1.41. The molecule has 1 aliphatic heterocycles. The Morgan fingerprint density at radius 1 is 1.22 bits per heavy atom. The summed E-state index contributed by atoms with van der Waals surface area (Å²) in [6, 6.07) is 5.77.